The lowest BCUT2D eigenvalue weighted by Gasteiger charge is -2.36. The van der Waals surface area contributed by atoms with Crippen molar-refractivity contribution in [1.82, 2.24) is 14.5 Å². The molecule has 35 heavy (non-hydrogen) atoms. The van der Waals surface area contributed by atoms with E-state index in [0.717, 1.165) is 53.7 Å². The second kappa shape index (κ2) is 10.3. The molecule has 0 saturated carbocycles. The van der Waals surface area contributed by atoms with Crippen LogP contribution in [0.2, 0.25) is 0 Å². The molecule has 0 aliphatic carbocycles. The predicted molar refractivity (Wildman–Crippen MR) is 133 cm³/mol. The fourth-order valence-electron chi connectivity index (χ4n) is 4.67. The molecular formula is C27H30F2N4O2. The Bertz CT molecular complexity index is 1270. The number of oxime groups is 1. The van der Waals surface area contributed by atoms with E-state index in [-0.39, 0.29) is 13.5 Å². The quantitative estimate of drug-likeness (QED) is 0.456. The van der Waals surface area contributed by atoms with Gasteiger partial charge >= 0.3 is 0 Å². The van der Waals surface area contributed by atoms with Gasteiger partial charge in [0.1, 0.15) is 24.0 Å². The summed E-state index contributed by atoms with van der Waals surface area (Å²) in [4.78, 5) is 11.9. The van der Waals surface area contributed by atoms with Crippen LogP contribution < -0.4 is 4.74 Å². The standard InChI is InChI=1S/C26H26F2N4O2.CH4/c1-17-15-31(16-29-17)24-8-5-18(13-25(24)33-2)12-19-4-3-10-32-23(9-11-34-30-26(19)32)21-7-6-20(27)14-22(21)28;/h5-8,12-16,23H,3-4,9-11H2,1-2H3;1H4/b19-12+;/t23-;/m1./s1. The van der Waals surface area contributed by atoms with Crippen LogP contribution >= 0.6 is 0 Å². The second-order valence-corrected chi connectivity index (χ2v) is 8.54. The van der Waals surface area contributed by atoms with E-state index in [1.807, 2.05) is 35.9 Å². The van der Waals surface area contributed by atoms with Crippen LogP contribution in [0.25, 0.3) is 11.8 Å². The van der Waals surface area contributed by atoms with Gasteiger partial charge in [0.25, 0.3) is 0 Å². The number of halogens is 2. The predicted octanol–water partition coefficient (Wildman–Crippen LogP) is 6.06. The van der Waals surface area contributed by atoms with E-state index in [0.29, 0.717) is 24.4 Å². The van der Waals surface area contributed by atoms with Gasteiger partial charge in [0.2, 0.25) is 0 Å². The monoisotopic (exact) mass is 480 g/mol. The molecule has 0 N–H and O–H groups in total. The number of nitrogens with zero attached hydrogens (tertiary/aromatic N) is 4. The van der Waals surface area contributed by atoms with Crippen LogP contribution in [0.3, 0.4) is 0 Å². The van der Waals surface area contributed by atoms with E-state index < -0.39 is 11.6 Å². The number of hydrogen-bond acceptors (Lipinski definition) is 5. The minimum atomic E-state index is -0.581. The van der Waals surface area contributed by atoms with Gasteiger partial charge in [-0.25, -0.2) is 13.8 Å². The maximum atomic E-state index is 14.7. The molecule has 0 bridgehead atoms. The second-order valence-electron chi connectivity index (χ2n) is 8.54. The van der Waals surface area contributed by atoms with Gasteiger partial charge in [-0.1, -0.05) is 24.7 Å². The fourth-order valence-corrected chi connectivity index (χ4v) is 4.67. The minimum Gasteiger partial charge on any atom is -0.495 e. The van der Waals surface area contributed by atoms with Crippen molar-refractivity contribution < 1.29 is 18.4 Å². The van der Waals surface area contributed by atoms with Crippen molar-refractivity contribution in [3.8, 4) is 11.4 Å². The van der Waals surface area contributed by atoms with Gasteiger partial charge in [0.15, 0.2) is 5.84 Å². The Labute approximate surface area is 204 Å². The number of methoxy groups -OCH3 is 1. The van der Waals surface area contributed by atoms with Gasteiger partial charge < -0.3 is 19.0 Å². The third-order valence-corrected chi connectivity index (χ3v) is 6.27. The summed E-state index contributed by atoms with van der Waals surface area (Å²) in [6, 6.07) is 9.49. The number of rotatable bonds is 4. The number of aryl methyl sites for hydroxylation is 1. The first kappa shape index (κ1) is 24.4. The Kier molecular flexibility index (Phi) is 7.19. The molecule has 3 heterocycles. The zero-order valence-electron chi connectivity index (χ0n) is 19.2. The summed E-state index contributed by atoms with van der Waals surface area (Å²) in [7, 11) is 1.65. The van der Waals surface area contributed by atoms with E-state index in [9.17, 15) is 8.78 Å². The van der Waals surface area contributed by atoms with E-state index >= 15 is 0 Å². The smallest absolute Gasteiger partial charge is 0.171 e. The largest absolute Gasteiger partial charge is 0.495 e. The number of piperidine rings is 1. The van der Waals surface area contributed by atoms with Gasteiger partial charge in [-0.2, -0.15) is 0 Å². The van der Waals surface area contributed by atoms with Crippen LogP contribution in [0.5, 0.6) is 5.75 Å². The molecule has 5 rings (SSSR count). The molecule has 0 amide bonds. The Morgan fingerprint density at radius 3 is 2.77 bits per heavy atom. The molecule has 2 aliphatic rings. The number of benzene rings is 2. The van der Waals surface area contributed by atoms with Crippen LogP contribution in [-0.2, 0) is 4.84 Å². The minimum absolute atomic E-state index is 0. The molecule has 1 saturated heterocycles. The summed E-state index contributed by atoms with van der Waals surface area (Å²) in [5.74, 6) is 0.301. The summed E-state index contributed by atoms with van der Waals surface area (Å²) in [5, 5.41) is 4.39. The lowest BCUT2D eigenvalue weighted by Crippen LogP contribution is -2.39. The van der Waals surface area contributed by atoms with Crippen molar-refractivity contribution in [2.45, 2.75) is 39.7 Å². The Morgan fingerprint density at radius 2 is 2.03 bits per heavy atom. The lowest BCUT2D eigenvalue weighted by atomic mass is 9.94. The average Bonchev–Trinajstić information content (AvgIpc) is 3.14. The van der Waals surface area contributed by atoms with Gasteiger partial charge in [-0.05, 0) is 55.2 Å². The molecule has 1 atom stereocenters. The topological polar surface area (TPSA) is 51.9 Å². The normalized spacial score (nSPS) is 18.7. The van der Waals surface area contributed by atoms with Crippen LogP contribution in [0.4, 0.5) is 8.78 Å². The zero-order chi connectivity index (χ0) is 23.7. The molecule has 1 fully saturated rings. The third-order valence-electron chi connectivity index (χ3n) is 6.27. The summed E-state index contributed by atoms with van der Waals surface area (Å²) in [5.41, 5.74) is 4.26. The molecule has 0 radical (unpaired) electrons. The summed E-state index contributed by atoms with van der Waals surface area (Å²) in [6.07, 6.45) is 8.06. The maximum absolute atomic E-state index is 14.7. The first-order valence-corrected chi connectivity index (χ1v) is 11.3. The summed E-state index contributed by atoms with van der Waals surface area (Å²) < 4.78 is 35.7. The number of amidine groups is 1. The highest BCUT2D eigenvalue weighted by atomic mass is 19.1. The van der Waals surface area contributed by atoms with E-state index in [4.69, 9.17) is 9.57 Å². The molecule has 2 aliphatic heterocycles. The van der Waals surface area contributed by atoms with Crippen LogP contribution in [0.1, 0.15) is 49.6 Å². The van der Waals surface area contributed by atoms with Crippen molar-refractivity contribution in [2.24, 2.45) is 5.16 Å². The fraction of sp³-hybridized carbons (Fsp3) is 0.333. The highest BCUT2D eigenvalue weighted by Gasteiger charge is 2.32. The number of aromatic nitrogens is 2. The first-order chi connectivity index (χ1) is 16.5. The molecule has 0 unspecified atom stereocenters. The van der Waals surface area contributed by atoms with E-state index in [2.05, 4.69) is 21.1 Å². The lowest BCUT2D eigenvalue weighted by molar-refractivity contribution is 0.140. The van der Waals surface area contributed by atoms with Crippen molar-refractivity contribution >= 4 is 11.9 Å². The van der Waals surface area contributed by atoms with Crippen molar-refractivity contribution in [2.75, 3.05) is 20.3 Å². The molecule has 8 heteroatoms. The molecule has 0 spiro atoms. The van der Waals surface area contributed by atoms with Gasteiger partial charge in [-0.3, -0.25) is 0 Å². The van der Waals surface area contributed by atoms with Crippen LogP contribution in [0, 0.1) is 18.6 Å². The van der Waals surface area contributed by atoms with Gasteiger partial charge in [0.05, 0.1) is 30.9 Å². The maximum Gasteiger partial charge on any atom is 0.171 e. The SMILES string of the molecule is C.COc1cc(/C=C2\CCCN3C2=NOCC[C@@H]3c2ccc(F)cc2F)ccc1-n1cnc(C)c1. The van der Waals surface area contributed by atoms with Crippen molar-refractivity contribution in [3.05, 3.63) is 83.0 Å². The zero-order valence-corrected chi connectivity index (χ0v) is 19.2. The van der Waals surface area contributed by atoms with Crippen molar-refractivity contribution in [3.63, 3.8) is 0 Å². The number of ether oxygens (including phenoxy) is 1. The molecule has 2 aromatic carbocycles. The molecule has 6 nitrogen and oxygen atoms in total. The van der Waals surface area contributed by atoms with E-state index in [1.165, 1.54) is 12.1 Å². The Morgan fingerprint density at radius 1 is 1.17 bits per heavy atom. The van der Waals surface area contributed by atoms with Gasteiger partial charge in [0, 0.05) is 30.8 Å². The molecule has 184 valence electrons. The number of imidazole rings is 1. The average molecular weight is 481 g/mol. The van der Waals surface area contributed by atoms with Crippen LogP contribution in [0.15, 0.2) is 59.7 Å². The Hall–Kier alpha value is -3.68. The van der Waals surface area contributed by atoms with Crippen LogP contribution in [-0.4, -0.2) is 40.5 Å². The van der Waals surface area contributed by atoms with Crippen molar-refractivity contribution in [1.29, 1.82) is 0 Å². The van der Waals surface area contributed by atoms with E-state index in [1.54, 1.807) is 13.4 Å². The third kappa shape index (κ3) is 4.92. The molecular weight excluding hydrogens is 450 g/mol. The summed E-state index contributed by atoms with van der Waals surface area (Å²) in [6.45, 7) is 3.03. The highest BCUT2D eigenvalue weighted by Crippen LogP contribution is 2.35. The number of hydrogen-bond donors (Lipinski definition) is 0. The summed E-state index contributed by atoms with van der Waals surface area (Å²) >= 11 is 0. The number of fused-ring (bicyclic) bond motifs is 1. The molecule has 3 aromatic rings. The highest BCUT2D eigenvalue weighted by molar-refractivity contribution is 6.02. The Balaban J connectivity index is 0.00000289. The van der Waals surface area contributed by atoms with Gasteiger partial charge in [-0.15, -0.1) is 0 Å². The molecule has 1 aromatic heterocycles. The first-order valence-electron chi connectivity index (χ1n) is 11.3.